The number of aryl methyl sites for hydroxylation is 1. The van der Waals surface area contributed by atoms with E-state index in [0.29, 0.717) is 13.0 Å². The molecule has 5 heteroatoms. The molecule has 2 unspecified atom stereocenters. The molecule has 19 heavy (non-hydrogen) atoms. The average Bonchev–Trinajstić information content (AvgIpc) is 2.92. The fourth-order valence-electron chi connectivity index (χ4n) is 2.66. The molecule has 2 heterocycles. The number of halogens is 1. The van der Waals surface area contributed by atoms with Crippen molar-refractivity contribution in [3.63, 3.8) is 0 Å². The lowest BCUT2D eigenvalue weighted by Gasteiger charge is -2.16. The number of rotatable bonds is 2. The van der Waals surface area contributed by atoms with E-state index in [0.717, 1.165) is 16.9 Å². The zero-order valence-electron chi connectivity index (χ0n) is 11.0. The van der Waals surface area contributed by atoms with E-state index in [2.05, 4.69) is 27.9 Å². The summed E-state index contributed by atoms with van der Waals surface area (Å²) in [5, 5.41) is 2.70. The van der Waals surface area contributed by atoms with Gasteiger partial charge in [0.1, 0.15) is 5.82 Å². The Kier molecular flexibility index (Phi) is 2.97. The number of benzene rings is 1. The highest BCUT2D eigenvalue weighted by Gasteiger charge is 2.28. The van der Waals surface area contributed by atoms with Crippen molar-refractivity contribution in [3.8, 4) is 0 Å². The molecular formula is C14H16ClN3O. The zero-order valence-corrected chi connectivity index (χ0v) is 11.7. The Morgan fingerprint density at radius 2 is 2.32 bits per heavy atom. The molecule has 100 valence electrons. The van der Waals surface area contributed by atoms with Gasteiger partial charge in [-0.2, -0.15) is 0 Å². The summed E-state index contributed by atoms with van der Waals surface area (Å²) in [6.45, 7) is 4.61. The van der Waals surface area contributed by atoms with E-state index in [1.54, 1.807) is 0 Å². The Labute approximate surface area is 116 Å². The maximum atomic E-state index is 11.5. The first-order valence-corrected chi connectivity index (χ1v) is 6.89. The van der Waals surface area contributed by atoms with Crippen molar-refractivity contribution in [1.82, 2.24) is 14.9 Å². The highest BCUT2D eigenvalue weighted by atomic mass is 35.5. The second-order valence-electron chi connectivity index (χ2n) is 5.11. The van der Waals surface area contributed by atoms with E-state index in [-0.39, 0.29) is 17.3 Å². The van der Waals surface area contributed by atoms with Crippen molar-refractivity contribution in [2.24, 2.45) is 0 Å². The molecule has 1 aliphatic rings. The lowest BCUT2D eigenvalue weighted by Crippen LogP contribution is -2.17. The molecule has 1 aliphatic heterocycles. The minimum atomic E-state index is -0.177. The molecule has 1 amide bonds. The number of nitrogens with zero attached hydrogens (tertiary/aromatic N) is 2. The maximum absolute atomic E-state index is 11.5. The molecule has 1 fully saturated rings. The molecule has 3 rings (SSSR count). The number of fused-ring (bicyclic) bond motifs is 1. The van der Waals surface area contributed by atoms with Gasteiger partial charge in [0.05, 0.1) is 22.5 Å². The molecule has 1 aromatic carbocycles. The van der Waals surface area contributed by atoms with Gasteiger partial charge in [-0.3, -0.25) is 4.79 Å². The van der Waals surface area contributed by atoms with Crippen molar-refractivity contribution >= 4 is 28.5 Å². The van der Waals surface area contributed by atoms with Gasteiger partial charge in [-0.1, -0.05) is 6.07 Å². The van der Waals surface area contributed by atoms with Gasteiger partial charge in [0, 0.05) is 13.0 Å². The lowest BCUT2D eigenvalue weighted by atomic mass is 10.2. The van der Waals surface area contributed by atoms with Crippen molar-refractivity contribution in [2.75, 3.05) is 6.54 Å². The van der Waals surface area contributed by atoms with Crippen molar-refractivity contribution < 1.29 is 4.79 Å². The van der Waals surface area contributed by atoms with Crippen LogP contribution in [0, 0.1) is 6.92 Å². The predicted octanol–water partition coefficient (Wildman–Crippen LogP) is 2.71. The zero-order chi connectivity index (χ0) is 13.6. The third kappa shape index (κ3) is 2.10. The summed E-state index contributed by atoms with van der Waals surface area (Å²) in [6.07, 6.45) is 0.496. The van der Waals surface area contributed by atoms with Crippen LogP contribution in [0.3, 0.4) is 0 Å². The Morgan fingerprint density at radius 1 is 1.53 bits per heavy atom. The Balaban J connectivity index is 2.21. The summed E-state index contributed by atoms with van der Waals surface area (Å²) in [5.41, 5.74) is 3.18. The first kappa shape index (κ1) is 12.5. The van der Waals surface area contributed by atoms with E-state index in [1.807, 2.05) is 19.1 Å². The number of imidazole rings is 1. The minimum absolute atomic E-state index is 0.0904. The van der Waals surface area contributed by atoms with Gasteiger partial charge in [-0.25, -0.2) is 4.98 Å². The standard InChI is InChI=1S/C14H16ClN3O/c1-8-3-4-11-12(5-8)18(14(17-11)9(2)15)10-6-13(19)16-7-10/h3-5,9-10H,6-7H2,1-2H3,(H,16,19). The van der Waals surface area contributed by atoms with Gasteiger partial charge in [0.25, 0.3) is 0 Å². The second-order valence-corrected chi connectivity index (χ2v) is 5.76. The summed E-state index contributed by atoms with van der Waals surface area (Å²) >= 11 is 6.25. The van der Waals surface area contributed by atoms with Crippen LogP contribution in [0.2, 0.25) is 0 Å². The summed E-state index contributed by atoms with van der Waals surface area (Å²) in [4.78, 5) is 16.1. The van der Waals surface area contributed by atoms with E-state index in [1.165, 1.54) is 5.56 Å². The smallest absolute Gasteiger partial charge is 0.222 e. The minimum Gasteiger partial charge on any atom is -0.354 e. The number of hydrogen-bond donors (Lipinski definition) is 1. The Bertz CT molecular complexity index is 647. The largest absolute Gasteiger partial charge is 0.354 e. The number of carbonyl (C=O) groups is 1. The van der Waals surface area contributed by atoms with Gasteiger partial charge in [0.2, 0.25) is 5.91 Å². The number of nitrogens with one attached hydrogen (secondary N) is 1. The number of amides is 1. The third-order valence-electron chi connectivity index (χ3n) is 3.55. The van der Waals surface area contributed by atoms with Crippen LogP contribution in [0.4, 0.5) is 0 Å². The van der Waals surface area contributed by atoms with Gasteiger partial charge < -0.3 is 9.88 Å². The third-order valence-corrected chi connectivity index (χ3v) is 3.74. The molecule has 1 saturated heterocycles. The number of hydrogen-bond acceptors (Lipinski definition) is 2. The van der Waals surface area contributed by atoms with Crippen molar-refractivity contribution in [3.05, 3.63) is 29.6 Å². The fraction of sp³-hybridized carbons (Fsp3) is 0.429. The fourth-order valence-corrected chi connectivity index (χ4v) is 2.81. The van der Waals surface area contributed by atoms with E-state index >= 15 is 0 Å². The summed E-state index contributed by atoms with van der Waals surface area (Å²) < 4.78 is 2.12. The van der Waals surface area contributed by atoms with E-state index < -0.39 is 0 Å². The highest BCUT2D eigenvalue weighted by molar-refractivity contribution is 6.20. The molecule has 0 radical (unpaired) electrons. The molecule has 1 aromatic heterocycles. The molecule has 2 aromatic rings. The molecule has 4 nitrogen and oxygen atoms in total. The Morgan fingerprint density at radius 3 is 2.95 bits per heavy atom. The van der Waals surface area contributed by atoms with Crippen LogP contribution in [0.25, 0.3) is 11.0 Å². The number of carbonyl (C=O) groups excluding carboxylic acids is 1. The monoisotopic (exact) mass is 277 g/mol. The van der Waals surface area contributed by atoms with Crippen LogP contribution in [-0.4, -0.2) is 22.0 Å². The second kappa shape index (κ2) is 4.53. The normalized spacial score (nSPS) is 20.8. The van der Waals surface area contributed by atoms with Crippen LogP contribution in [0.5, 0.6) is 0 Å². The topological polar surface area (TPSA) is 46.9 Å². The SMILES string of the molecule is Cc1ccc2nc(C(C)Cl)n(C3CNC(=O)C3)c2c1. The predicted molar refractivity (Wildman–Crippen MR) is 75.4 cm³/mol. The molecule has 2 atom stereocenters. The highest BCUT2D eigenvalue weighted by Crippen LogP contribution is 2.31. The molecular weight excluding hydrogens is 262 g/mol. The van der Waals surface area contributed by atoms with Gasteiger partial charge in [0.15, 0.2) is 0 Å². The molecule has 1 N–H and O–H groups in total. The van der Waals surface area contributed by atoms with Gasteiger partial charge in [-0.15, -0.1) is 11.6 Å². The Hall–Kier alpha value is -1.55. The van der Waals surface area contributed by atoms with Crippen LogP contribution < -0.4 is 5.32 Å². The first-order chi connectivity index (χ1) is 9.06. The van der Waals surface area contributed by atoms with Crippen LogP contribution in [-0.2, 0) is 4.79 Å². The van der Waals surface area contributed by atoms with Gasteiger partial charge >= 0.3 is 0 Å². The van der Waals surface area contributed by atoms with E-state index in [4.69, 9.17) is 11.6 Å². The first-order valence-electron chi connectivity index (χ1n) is 6.45. The summed E-state index contributed by atoms with van der Waals surface area (Å²) in [5.74, 6) is 0.927. The van der Waals surface area contributed by atoms with Crippen LogP contribution >= 0.6 is 11.6 Å². The van der Waals surface area contributed by atoms with Gasteiger partial charge in [-0.05, 0) is 31.5 Å². The van der Waals surface area contributed by atoms with Crippen molar-refractivity contribution in [1.29, 1.82) is 0 Å². The summed E-state index contributed by atoms with van der Waals surface area (Å²) in [6, 6.07) is 6.26. The molecule has 0 bridgehead atoms. The summed E-state index contributed by atoms with van der Waals surface area (Å²) in [7, 11) is 0. The average molecular weight is 278 g/mol. The lowest BCUT2D eigenvalue weighted by molar-refractivity contribution is -0.119. The van der Waals surface area contributed by atoms with E-state index in [9.17, 15) is 4.79 Å². The number of aromatic nitrogens is 2. The quantitative estimate of drug-likeness (QED) is 0.858. The molecule has 0 saturated carbocycles. The molecule has 0 aliphatic carbocycles. The maximum Gasteiger partial charge on any atom is 0.222 e. The van der Waals surface area contributed by atoms with Crippen molar-refractivity contribution in [2.45, 2.75) is 31.7 Å². The van der Waals surface area contributed by atoms with Crippen LogP contribution in [0.1, 0.15) is 36.2 Å². The molecule has 0 spiro atoms. The van der Waals surface area contributed by atoms with Crippen LogP contribution in [0.15, 0.2) is 18.2 Å². The number of alkyl halides is 1.